The average molecular weight is 417 g/mol. The summed E-state index contributed by atoms with van der Waals surface area (Å²) in [4.78, 5) is 13.0. The van der Waals surface area contributed by atoms with E-state index in [1.807, 2.05) is 0 Å². The van der Waals surface area contributed by atoms with Gasteiger partial charge in [0.05, 0.1) is 30.6 Å². The van der Waals surface area contributed by atoms with Crippen molar-refractivity contribution in [3.63, 3.8) is 0 Å². The zero-order chi connectivity index (χ0) is 20.1. The molecule has 1 aromatic rings. The van der Waals surface area contributed by atoms with Gasteiger partial charge in [-0.05, 0) is 19.8 Å². The first-order valence-electron chi connectivity index (χ1n) is 9.03. The lowest BCUT2D eigenvalue weighted by atomic mass is 10.1. The standard InChI is InChI=1S/C17H23ClF2N6O2/c1-9(23-10-2-5-27-6-3-10)13-15(21)28-7-4-12(14(19)20)24-16-11(18)8-22-17(25-13)26-16/h8,10,12,14H,2-7,21H2,1H3,(H2,22,24,25,26). The van der Waals surface area contributed by atoms with Gasteiger partial charge >= 0.3 is 0 Å². The molecule has 2 aliphatic rings. The Balaban J connectivity index is 1.92. The van der Waals surface area contributed by atoms with Crippen LogP contribution < -0.4 is 16.4 Å². The van der Waals surface area contributed by atoms with Crippen molar-refractivity contribution in [3.05, 3.63) is 22.8 Å². The van der Waals surface area contributed by atoms with Gasteiger partial charge in [-0.1, -0.05) is 11.6 Å². The molecular formula is C17H23ClF2N6O2. The minimum atomic E-state index is -2.63. The molecule has 11 heteroatoms. The highest BCUT2D eigenvalue weighted by Gasteiger charge is 2.24. The lowest BCUT2D eigenvalue weighted by Crippen LogP contribution is -2.30. The molecule has 0 aromatic carbocycles. The number of nitrogens with one attached hydrogen (secondary N) is 2. The summed E-state index contributed by atoms with van der Waals surface area (Å²) in [6, 6.07) is -1.08. The molecule has 2 bridgehead atoms. The molecule has 1 aromatic heterocycles. The first kappa shape index (κ1) is 20.5. The van der Waals surface area contributed by atoms with E-state index in [0.29, 0.717) is 24.6 Å². The Morgan fingerprint density at radius 2 is 2.07 bits per heavy atom. The second-order valence-electron chi connectivity index (χ2n) is 6.53. The van der Waals surface area contributed by atoms with Crippen LogP contribution in [0.3, 0.4) is 0 Å². The summed E-state index contributed by atoms with van der Waals surface area (Å²) in [6.45, 7) is 3.10. The molecular weight excluding hydrogens is 394 g/mol. The lowest BCUT2D eigenvalue weighted by molar-refractivity contribution is 0.0871. The Labute approximate surface area is 166 Å². The molecule has 8 nitrogen and oxygen atoms in total. The molecule has 3 rings (SSSR count). The zero-order valence-corrected chi connectivity index (χ0v) is 16.2. The number of nitrogens with two attached hydrogens (primary N) is 1. The predicted molar refractivity (Wildman–Crippen MR) is 103 cm³/mol. The monoisotopic (exact) mass is 416 g/mol. The van der Waals surface area contributed by atoms with Gasteiger partial charge < -0.3 is 25.8 Å². The van der Waals surface area contributed by atoms with Gasteiger partial charge in [0.25, 0.3) is 6.43 Å². The molecule has 0 spiro atoms. The fourth-order valence-corrected chi connectivity index (χ4v) is 3.07. The predicted octanol–water partition coefficient (Wildman–Crippen LogP) is 2.78. The Hall–Kier alpha value is -2.20. The second-order valence-corrected chi connectivity index (χ2v) is 6.94. The summed E-state index contributed by atoms with van der Waals surface area (Å²) in [5.41, 5.74) is 7.09. The summed E-state index contributed by atoms with van der Waals surface area (Å²) in [7, 11) is 0. The van der Waals surface area contributed by atoms with Gasteiger partial charge in [-0.25, -0.2) is 13.8 Å². The van der Waals surface area contributed by atoms with E-state index in [0.717, 1.165) is 12.8 Å². The number of hydrogen-bond acceptors (Lipinski definition) is 8. The van der Waals surface area contributed by atoms with Crippen LogP contribution in [0.15, 0.2) is 22.8 Å². The molecule has 1 unspecified atom stereocenters. The smallest absolute Gasteiger partial charge is 0.258 e. The normalized spacial score (nSPS) is 22.2. The maximum atomic E-state index is 13.3. The highest BCUT2D eigenvalue weighted by Crippen LogP contribution is 2.24. The average Bonchev–Trinajstić information content (AvgIpc) is 2.69. The third kappa shape index (κ3) is 5.20. The molecule has 1 fully saturated rings. The number of nitrogens with zero attached hydrogens (tertiary/aromatic N) is 3. The van der Waals surface area contributed by atoms with Crippen LogP contribution in [-0.2, 0) is 9.47 Å². The van der Waals surface area contributed by atoms with Crippen molar-refractivity contribution in [2.45, 2.75) is 44.7 Å². The van der Waals surface area contributed by atoms with E-state index in [1.54, 1.807) is 6.92 Å². The van der Waals surface area contributed by atoms with E-state index >= 15 is 0 Å². The van der Waals surface area contributed by atoms with Crippen LogP contribution in [0.1, 0.15) is 26.2 Å². The van der Waals surface area contributed by atoms with Gasteiger partial charge in [-0.2, -0.15) is 4.98 Å². The number of fused-ring (bicyclic) bond motifs is 2. The summed E-state index contributed by atoms with van der Waals surface area (Å²) in [5, 5.41) is 5.78. The van der Waals surface area contributed by atoms with Crippen molar-refractivity contribution in [1.82, 2.24) is 9.97 Å². The van der Waals surface area contributed by atoms with Crippen LogP contribution in [-0.4, -0.2) is 54.0 Å². The van der Waals surface area contributed by atoms with Crippen LogP contribution in [0.2, 0.25) is 5.02 Å². The second kappa shape index (κ2) is 9.33. The van der Waals surface area contributed by atoms with Crippen molar-refractivity contribution in [1.29, 1.82) is 0 Å². The Morgan fingerprint density at radius 1 is 1.32 bits per heavy atom. The fraction of sp³-hybridized carbons (Fsp3) is 0.588. The molecule has 0 saturated carbocycles. The molecule has 2 aliphatic heterocycles. The van der Waals surface area contributed by atoms with Crippen LogP contribution >= 0.6 is 11.6 Å². The van der Waals surface area contributed by atoms with Gasteiger partial charge in [-0.15, -0.1) is 0 Å². The summed E-state index contributed by atoms with van der Waals surface area (Å²) in [5.74, 6) is 0.302. The number of ether oxygens (including phenoxy) is 2. The van der Waals surface area contributed by atoms with Crippen molar-refractivity contribution in [3.8, 4) is 0 Å². The first-order chi connectivity index (χ1) is 13.4. The number of allylic oxidation sites excluding steroid dienone is 1. The number of aliphatic imine (C=N–C) groups is 1. The van der Waals surface area contributed by atoms with E-state index < -0.39 is 12.5 Å². The van der Waals surface area contributed by atoms with E-state index in [1.165, 1.54) is 6.20 Å². The van der Waals surface area contributed by atoms with Gasteiger partial charge in [0.2, 0.25) is 11.8 Å². The van der Waals surface area contributed by atoms with Gasteiger partial charge in [0, 0.05) is 19.6 Å². The van der Waals surface area contributed by atoms with Gasteiger partial charge in [0.15, 0.2) is 5.82 Å². The van der Waals surface area contributed by atoms with Crippen molar-refractivity contribution < 1.29 is 18.3 Å². The Morgan fingerprint density at radius 3 is 2.79 bits per heavy atom. The van der Waals surface area contributed by atoms with Crippen molar-refractivity contribution >= 4 is 29.1 Å². The van der Waals surface area contributed by atoms with E-state index in [2.05, 4.69) is 20.6 Å². The van der Waals surface area contributed by atoms with Crippen LogP contribution in [0.5, 0.6) is 0 Å². The largest absolute Gasteiger partial charge is 0.478 e. The molecule has 4 N–H and O–H groups in total. The van der Waals surface area contributed by atoms with E-state index in [4.69, 9.17) is 31.8 Å². The Bertz CT molecular complexity index is 755. The lowest BCUT2D eigenvalue weighted by Gasteiger charge is -2.20. The molecule has 3 heterocycles. The molecule has 1 atom stereocenters. The molecule has 0 radical (unpaired) electrons. The van der Waals surface area contributed by atoms with E-state index in [-0.39, 0.29) is 41.7 Å². The molecule has 0 amide bonds. The minimum Gasteiger partial charge on any atom is -0.478 e. The Kier molecular flexibility index (Phi) is 6.84. The number of anilines is 2. The van der Waals surface area contributed by atoms with Gasteiger partial charge in [-0.3, -0.25) is 4.99 Å². The molecule has 1 saturated heterocycles. The summed E-state index contributed by atoms with van der Waals surface area (Å²) >= 11 is 6.05. The number of alkyl halides is 2. The first-order valence-corrected chi connectivity index (χ1v) is 9.41. The highest BCUT2D eigenvalue weighted by molar-refractivity contribution is 6.32. The third-order valence-corrected chi connectivity index (χ3v) is 4.75. The highest BCUT2D eigenvalue weighted by atomic mass is 35.5. The fourth-order valence-electron chi connectivity index (χ4n) is 2.93. The maximum Gasteiger partial charge on any atom is 0.258 e. The topological polar surface area (TPSA) is 107 Å². The number of hydrogen-bond donors (Lipinski definition) is 3. The van der Waals surface area contributed by atoms with Crippen molar-refractivity contribution in [2.75, 3.05) is 30.5 Å². The van der Waals surface area contributed by atoms with Crippen LogP contribution in [0, 0.1) is 0 Å². The number of rotatable bonds is 3. The zero-order valence-electron chi connectivity index (χ0n) is 15.4. The SMILES string of the molecule is CC(=NC1CCOCC1)C1=C(N)OCCC(C(F)F)Nc2nc(ncc2Cl)N1. The summed E-state index contributed by atoms with van der Waals surface area (Å²) in [6.07, 6.45) is 0.338. The van der Waals surface area contributed by atoms with Crippen molar-refractivity contribution in [2.24, 2.45) is 10.7 Å². The third-order valence-electron chi connectivity index (χ3n) is 4.47. The van der Waals surface area contributed by atoms with E-state index in [9.17, 15) is 8.78 Å². The quantitative estimate of drug-likeness (QED) is 0.650. The maximum absolute atomic E-state index is 13.3. The number of halogens is 3. The minimum absolute atomic E-state index is 0.00927. The van der Waals surface area contributed by atoms with Crippen LogP contribution in [0.4, 0.5) is 20.5 Å². The van der Waals surface area contributed by atoms with Gasteiger partial charge in [0.1, 0.15) is 10.7 Å². The number of aromatic nitrogens is 2. The van der Waals surface area contributed by atoms with Crippen LogP contribution in [0.25, 0.3) is 0 Å². The molecule has 0 aliphatic carbocycles. The molecule has 154 valence electrons. The molecule has 28 heavy (non-hydrogen) atoms. The summed E-state index contributed by atoms with van der Waals surface area (Å²) < 4.78 is 37.5.